The van der Waals surface area contributed by atoms with Gasteiger partial charge in [0.2, 0.25) is 0 Å². The number of halogens is 7. The van der Waals surface area contributed by atoms with Gasteiger partial charge in [0.1, 0.15) is 5.82 Å². The van der Waals surface area contributed by atoms with Gasteiger partial charge in [-0.2, -0.15) is 0 Å². The van der Waals surface area contributed by atoms with Crippen LogP contribution in [0.25, 0.3) is 22.3 Å². The summed E-state index contributed by atoms with van der Waals surface area (Å²) in [4.78, 5) is 4.07. The van der Waals surface area contributed by atoms with Crippen LogP contribution in [0.15, 0.2) is 36.7 Å². The largest absolute Gasteiger partial charge is 0.263 e. The molecule has 2 aromatic carbocycles. The minimum atomic E-state index is -0.618. The molecule has 0 amide bonds. The maximum atomic E-state index is 15.2. The van der Waals surface area contributed by atoms with Gasteiger partial charge < -0.3 is 0 Å². The lowest BCUT2D eigenvalue weighted by atomic mass is 10.0. The summed E-state index contributed by atoms with van der Waals surface area (Å²) in [7, 11) is 0. The second kappa shape index (κ2) is 7.48. The van der Waals surface area contributed by atoms with Crippen LogP contribution in [0.4, 0.5) is 4.39 Å². The van der Waals surface area contributed by atoms with Gasteiger partial charge in [-0.3, -0.25) is 4.98 Å². The van der Waals surface area contributed by atoms with Gasteiger partial charge in [-0.25, -0.2) is 4.39 Å². The molecule has 0 unspecified atom stereocenters. The molecule has 25 heavy (non-hydrogen) atoms. The summed E-state index contributed by atoms with van der Waals surface area (Å²) in [5.41, 5.74) is 0.763. The molecule has 0 spiro atoms. The fraction of sp³-hybridized carbons (Fsp3) is 0. The number of hydrogen-bond donors (Lipinski definition) is 0. The molecule has 0 aliphatic rings. The van der Waals surface area contributed by atoms with E-state index in [1.54, 1.807) is 0 Å². The summed E-state index contributed by atoms with van der Waals surface area (Å²) < 4.78 is 15.2. The number of aromatic nitrogens is 1. The second-order valence-corrected chi connectivity index (χ2v) is 7.54. The van der Waals surface area contributed by atoms with Gasteiger partial charge in [-0.15, -0.1) is 0 Å². The lowest BCUT2D eigenvalue weighted by molar-refractivity contribution is 0.633. The smallest absolute Gasteiger partial charge is 0.142 e. The van der Waals surface area contributed by atoms with E-state index in [1.165, 1.54) is 36.7 Å². The number of pyridine rings is 1. The van der Waals surface area contributed by atoms with Gasteiger partial charge in [0.05, 0.1) is 20.1 Å². The SMILES string of the molecule is Fc1c(-c2c(Cl)cc(Cl)cc2Cl)cncc1-c1c(Cl)cc(Cl)cc1Cl. The molecule has 0 bridgehead atoms. The van der Waals surface area contributed by atoms with Gasteiger partial charge in [-0.05, 0) is 24.3 Å². The van der Waals surface area contributed by atoms with Crippen molar-refractivity contribution in [1.29, 1.82) is 0 Å². The molecule has 0 saturated heterocycles. The van der Waals surface area contributed by atoms with E-state index < -0.39 is 5.82 Å². The second-order valence-electron chi connectivity index (χ2n) is 5.04. The molecular weight excluding hydrogens is 450 g/mol. The molecule has 0 N–H and O–H groups in total. The van der Waals surface area contributed by atoms with E-state index in [1.807, 2.05) is 0 Å². The highest BCUT2D eigenvalue weighted by molar-refractivity contribution is 6.43. The normalized spacial score (nSPS) is 11.0. The predicted octanol–water partition coefficient (Wildman–Crippen LogP) is 8.48. The summed E-state index contributed by atoms with van der Waals surface area (Å²) in [6.45, 7) is 0. The summed E-state index contributed by atoms with van der Waals surface area (Å²) in [5.74, 6) is -0.618. The van der Waals surface area contributed by atoms with Crippen LogP contribution in [0.3, 0.4) is 0 Å². The van der Waals surface area contributed by atoms with Crippen molar-refractivity contribution in [2.45, 2.75) is 0 Å². The molecule has 0 aliphatic carbocycles. The highest BCUT2D eigenvalue weighted by Gasteiger charge is 2.21. The third kappa shape index (κ3) is 3.71. The van der Waals surface area contributed by atoms with E-state index in [-0.39, 0.29) is 42.3 Å². The molecular formula is C17H6Cl6FN. The Morgan fingerprint density at radius 2 is 0.920 bits per heavy atom. The van der Waals surface area contributed by atoms with E-state index in [9.17, 15) is 0 Å². The molecule has 1 aromatic heterocycles. The topological polar surface area (TPSA) is 12.9 Å². The average Bonchev–Trinajstić information content (AvgIpc) is 2.48. The zero-order valence-electron chi connectivity index (χ0n) is 12.1. The fourth-order valence-corrected chi connectivity index (χ4v) is 4.43. The first-order chi connectivity index (χ1) is 11.8. The monoisotopic (exact) mass is 453 g/mol. The van der Waals surface area contributed by atoms with Crippen molar-refractivity contribution in [3.8, 4) is 22.3 Å². The van der Waals surface area contributed by atoms with Crippen molar-refractivity contribution in [3.05, 3.63) is 72.6 Å². The van der Waals surface area contributed by atoms with E-state index in [4.69, 9.17) is 69.6 Å². The number of benzene rings is 2. The van der Waals surface area contributed by atoms with Crippen LogP contribution in [-0.2, 0) is 0 Å². The van der Waals surface area contributed by atoms with Crippen molar-refractivity contribution in [1.82, 2.24) is 4.98 Å². The third-order valence-corrected chi connectivity index (χ3v) is 5.06. The molecule has 3 rings (SSSR count). The van der Waals surface area contributed by atoms with Crippen LogP contribution in [-0.4, -0.2) is 4.98 Å². The minimum Gasteiger partial charge on any atom is -0.263 e. The molecule has 0 aliphatic heterocycles. The summed E-state index contributed by atoms with van der Waals surface area (Å²) in [5, 5.41) is 1.47. The van der Waals surface area contributed by atoms with Crippen LogP contribution in [0.2, 0.25) is 30.1 Å². The van der Waals surface area contributed by atoms with Gasteiger partial charge in [-0.1, -0.05) is 69.6 Å². The third-order valence-electron chi connectivity index (χ3n) is 3.43. The van der Waals surface area contributed by atoms with Crippen LogP contribution < -0.4 is 0 Å². The van der Waals surface area contributed by atoms with Crippen molar-refractivity contribution in [2.75, 3.05) is 0 Å². The Kier molecular flexibility index (Phi) is 5.69. The minimum absolute atomic E-state index is 0.103. The average molecular weight is 456 g/mol. The summed E-state index contributed by atoms with van der Waals surface area (Å²) in [6.07, 6.45) is 2.63. The molecule has 0 saturated carbocycles. The standard InChI is InChI=1S/C17H6Cl6FN/c18-7-1-11(20)15(12(21)2-7)9-5-25-6-10(17(9)24)16-13(22)3-8(19)4-14(16)23/h1-6H. The van der Waals surface area contributed by atoms with Gasteiger partial charge >= 0.3 is 0 Å². The maximum absolute atomic E-state index is 15.2. The van der Waals surface area contributed by atoms with E-state index in [2.05, 4.69) is 4.98 Å². The molecule has 0 fully saturated rings. The summed E-state index contributed by atoms with van der Waals surface area (Å²) in [6, 6.07) is 5.88. The van der Waals surface area contributed by atoms with Gasteiger partial charge in [0.25, 0.3) is 0 Å². The maximum Gasteiger partial charge on any atom is 0.142 e. The Bertz CT molecular complexity index is 867. The number of nitrogens with zero attached hydrogens (tertiary/aromatic N) is 1. The van der Waals surface area contributed by atoms with Crippen LogP contribution in [0, 0.1) is 5.82 Å². The Morgan fingerprint density at radius 3 is 1.24 bits per heavy atom. The predicted molar refractivity (Wildman–Crippen MR) is 105 cm³/mol. The van der Waals surface area contributed by atoms with Crippen molar-refractivity contribution >= 4 is 69.6 Å². The lowest BCUT2D eigenvalue weighted by Crippen LogP contribution is -1.95. The van der Waals surface area contributed by atoms with E-state index in [0.717, 1.165) is 0 Å². The van der Waals surface area contributed by atoms with Crippen LogP contribution >= 0.6 is 69.6 Å². The fourth-order valence-electron chi connectivity index (χ4n) is 2.39. The molecule has 128 valence electrons. The zero-order valence-corrected chi connectivity index (χ0v) is 16.6. The number of hydrogen-bond acceptors (Lipinski definition) is 1. The van der Waals surface area contributed by atoms with Gasteiger partial charge in [0, 0.05) is 44.7 Å². The Labute approximate surface area is 173 Å². The van der Waals surface area contributed by atoms with E-state index >= 15 is 4.39 Å². The highest BCUT2D eigenvalue weighted by Crippen LogP contribution is 2.43. The van der Waals surface area contributed by atoms with Gasteiger partial charge in [0.15, 0.2) is 0 Å². The molecule has 1 nitrogen and oxygen atoms in total. The summed E-state index contributed by atoms with van der Waals surface area (Å²) >= 11 is 36.6. The molecule has 8 heteroatoms. The first kappa shape index (κ1) is 19.0. The first-order valence-corrected chi connectivity index (χ1v) is 8.99. The van der Waals surface area contributed by atoms with Crippen molar-refractivity contribution in [2.24, 2.45) is 0 Å². The lowest BCUT2D eigenvalue weighted by Gasteiger charge is -2.13. The molecule has 1 heterocycles. The Morgan fingerprint density at radius 1 is 0.600 bits per heavy atom. The number of rotatable bonds is 2. The van der Waals surface area contributed by atoms with Crippen LogP contribution in [0.1, 0.15) is 0 Å². The van der Waals surface area contributed by atoms with E-state index in [0.29, 0.717) is 10.0 Å². The Hall–Kier alpha value is -0.740. The zero-order chi connectivity index (χ0) is 18.3. The Balaban J connectivity index is 2.28. The van der Waals surface area contributed by atoms with Crippen molar-refractivity contribution < 1.29 is 4.39 Å². The highest BCUT2D eigenvalue weighted by atomic mass is 35.5. The molecule has 3 aromatic rings. The van der Waals surface area contributed by atoms with Crippen molar-refractivity contribution in [3.63, 3.8) is 0 Å². The molecule has 0 radical (unpaired) electrons. The first-order valence-electron chi connectivity index (χ1n) is 6.73. The van der Waals surface area contributed by atoms with Crippen LogP contribution in [0.5, 0.6) is 0 Å². The quantitative estimate of drug-likeness (QED) is 0.377. The molecule has 0 atom stereocenters.